The minimum atomic E-state index is -2.81. The van der Waals surface area contributed by atoms with Crippen LogP contribution in [0.3, 0.4) is 0 Å². The molecule has 5 heteroatoms. The lowest BCUT2D eigenvalue weighted by molar-refractivity contribution is -0.0506. The summed E-state index contributed by atoms with van der Waals surface area (Å²) < 4.78 is 29.7. The highest BCUT2D eigenvalue weighted by Gasteiger charge is 2.13. The fourth-order valence-corrected chi connectivity index (χ4v) is 1.58. The van der Waals surface area contributed by atoms with E-state index in [0.717, 1.165) is 4.48 Å². The highest BCUT2D eigenvalue weighted by atomic mass is 79.9. The van der Waals surface area contributed by atoms with Crippen LogP contribution in [0, 0.1) is 0 Å². The van der Waals surface area contributed by atoms with Gasteiger partial charge in [0.25, 0.3) is 0 Å². The SMILES string of the molecule is C=C(Br)CNC(C)c1ccccc1OC(F)F. The number of hydrogen-bond donors (Lipinski definition) is 1. The van der Waals surface area contributed by atoms with Gasteiger partial charge in [0.15, 0.2) is 0 Å². The van der Waals surface area contributed by atoms with Gasteiger partial charge in [-0.25, -0.2) is 0 Å². The summed E-state index contributed by atoms with van der Waals surface area (Å²) in [5.74, 6) is 0.197. The normalized spacial score (nSPS) is 12.5. The molecule has 0 amide bonds. The Balaban J connectivity index is 2.77. The van der Waals surface area contributed by atoms with Crippen LogP contribution in [0.1, 0.15) is 18.5 Å². The van der Waals surface area contributed by atoms with Crippen LogP contribution in [-0.4, -0.2) is 13.2 Å². The van der Waals surface area contributed by atoms with Gasteiger partial charge in [-0.3, -0.25) is 0 Å². The molecule has 0 bridgehead atoms. The predicted molar refractivity (Wildman–Crippen MR) is 67.6 cm³/mol. The fraction of sp³-hybridized carbons (Fsp3) is 0.333. The van der Waals surface area contributed by atoms with E-state index in [1.54, 1.807) is 18.2 Å². The number of alkyl halides is 2. The summed E-state index contributed by atoms with van der Waals surface area (Å²) in [5.41, 5.74) is 0.696. The van der Waals surface area contributed by atoms with Crippen molar-refractivity contribution in [2.45, 2.75) is 19.6 Å². The van der Waals surface area contributed by atoms with Crippen molar-refractivity contribution in [2.75, 3.05) is 6.54 Å². The number of benzene rings is 1. The third kappa shape index (κ3) is 4.83. The van der Waals surface area contributed by atoms with Crippen molar-refractivity contribution in [3.8, 4) is 5.75 Å². The summed E-state index contributed by atoms with van der Waals surface area (Å²) in [6.45, 7) is 3.32. The Labute approximate surface area is 108 Å². The number of halogens is 3. The zero-order chi connectivity index (χ0) is 12.8. The molecule has 17 heavy (non-hydrogen) atoms. The van der Waals surface area contributed by atoms with Crippen molar-refractivity contribution in [3.05, 3.63) is 40.9 Å². The van der Waals surface area contributed by atoms with Crippen molar-refractivity contribution in [1.29, 1.82) is 0 Å². The van der Waals surface area contributed by atoms with Crippen LogP contribution in [0.2, 0.25) is 0 Å². The van der Waals surface area contributed by atoms with Crippen LogP contribution in [0.15, 0.2) is 35.3 Å². The first kappa shape index (κ1) is 14.1. The summed E-state index contributed by atoms with van der Waals surface area (Å²) in [4.78, 5) is 0. The third-order valence-corrected chi connectivity index (χ3v) is 2.48. The van der Waals surface area contributed by atoms with E-state index in [1.165, 1.54) is 6.07 Å². The maximum absolute atomic E-state index is 12.2. The number of para-hydroxylation sites is 1. The number of rotatable bonds is 6. The first-order valence-electron chi connectivity index (χ1n) is 5.11. The Morgan fingerprint density at radius 3 is 2.71 bits per heavy atom. The topological polar surface area (TPSA) is 21.3 Å². The highest BCUT2D eigenvalue weighted by Crippen LogP contribution is 2.26. The Morgan fingerprint density at radius 1 is 1.47 bits per heavy atom. The molecule has 0 spiro atoms. The Kier molecular flexibility index (Phi) is 5.58. The predicted octanol–water partition coefficient (Wildman–Crippen LogP) is 3.85. The minimum absolute atomic E-state index is 0.0979. The van der Waals surface area contributed by atoms with Crippen LogP contribution in [0.5, 0.6) is 5.75 Å². The quantitative estimate of drug-likeness (QED) is 0.862. The average Bonchev–Trinajstić information content (AvgIpc) is 2.25. The number of nitrogens with one attached hydrogen (secondary N) is 1. The lowest BCUT2D eigenvalue weighted by Gasteiger charge is -2.17. The molecule has 1 aromatic rings. The van der Waals surface area contributed by atoms with E-state index in [9.17, 15) is 8.78 Å². The summed E-state index contributed by atoms with van der Waals surface area (Å²) in [6.07, 6.45) is 0. The molecule has 0 saturated heterocycles. The molecule has 1 unspecified atom stereocenters. The van der Waals surface area contributed by atoms with Gasteiger partial charge in [0.1, 0.15) is 5.75 Å². The average molecular weight is 306 g/mol. The van der Waals surface area contributed by atoms with E-state index in [-0.39, 0.29) is 11.8 Å². The lowest BCUT2D eigenvalue weighted by Crippen LogP contribution is -2.20. The van der Waals surface area contributed by atoms with Gasteiger partial charge in [-0.15, -0.1) is 0 Å². The molecule has 0 saturated carbocycles. The van der Waals surface area contributed by atoms with Crippen LogP contribution >= 0.6 is 15.9 Å². The summed E-state index contributed by atoms with van der Waals surface area (Å²) in [5, 5.41) is 3.14. The molecule has 1 aromatic carbocycles. The largest absolute Gasteiger partial charge is 0.434 e. The zero-order valence-electron chi connectivity index (χ0n) is 9.42. The second-order valence-corrected chi connectivity index (χ2v) is 4.66. The molecule has 1 atom stereocenters. The summed E-state index contributed by atoms with van der Waals surface area (Å²) >= 11 is 3.23. The van der Waals surface area contributed by atoms with Gasteiger partial charge in [0.05, 0.1) is 0 Å². The summed E-state index contributed by atoms with van der Waals surface area (Å²) in [7, 11) is 0. The van der Waals surface area contributed by atoms with E-state index >= 15 is 0 Å². The van der Waals surface area contributed by atoms with Gasteiger partial charge in [0.2, 0.25) is 0 Å². The summed E-state index contributed by atoms with van der Waals surface area (Å²) in [6, 6.07) is 6.64. The Morgan fingerprint density at radius 2 is 2.12 bits per heavy atom. The Hall–Kier alpha value is -0.940. The fourth-order valence-electron chi connectivity index (χ4n) is 1.42. The number of ether oxygens (including phenoxy) is 1. The van der Waals surface area contributed by atoms with E-state index in [0.29, 0.717) is 12.1 Å². The molecule has 0 aliphatic rings. The minimum Gasteiger partial charge on any atom is -0.434 e. The van der Waals surface area contributed by atoms with E-state index in [2.05, 4.69) is 32.6 Å². The van der Waals surface area contributed by atoms with Crippen LogP contribution in [0.4, 0.5) is 8.78 Å². The van der Waals surface area contributed by atoms with Gasteiger partial charge in [-0.1, -0.05) is 40.7 Å². The molecular weight excluding hydrogens is 292 g/mol. The molecule has 0 heterocycles. The molecule has 0 aliphatic heterocycles. The molecule has 1 rings (SSSR count). The Bertz CT molecular complexity index is 385. The molecule has 2 nitrogen and oxygen atoms in total. The van der Waals surface area contributed by atoms with Gasteiger partial charge < -0.3 is 10.1 Å². The van der Waals surface area contributed by atoms with E-state index in [4.69, 9.17) is 0 Å². The van der Waals surface area contributed by atoms with Gasteiger partial charge in [-0.2, -0.15) is 8.78 Å². The molecule has 0 aliphatic carbocycles. The molecular formula is C12H14BrF2NO. The second-order valence-electron chi connectivity index (χ2n) is 3.54. The van der Waals surface area contributed by atoms with E-state index < -0.39 is 6.61 Å². The maximum atomic E-state index is 12.2. The van der Waals surface area contributed by atoms with Crippen molar-refractivity contribution < 1.29 is 13.5 Å². The molecule has 0 aromatic heterocycles. The van der Waals surface area contributed by atoms with Gasteiger partial charge in [0, 0.05) is 22.6 Å². The third-order valence-electron chi connectivity index (χ3n) is 2.20. The monoisotopic (exact) mass is 305 g/mol. The van der Waals surface area contributed by atoms with Crippen molar-refractivity contribution in [2.24, 2.45) is 0 Å². The van der Waals surface area contributed by atoms with Gasteiger partial charge >= 0.3 is 6.61 Å². The zero-order valence-corrected chi connectivity index (χ0v) is 11.0. The van der Waals surface area contributed by atoms with Crippen molar-refractivity contribution in [1.82, 2.24) is 5.32 Å². The first-order chi connectivity index (χ1) is 8.00. The van der Waals surface area contributed by atoms with Crippen LogP contribution in [0.25, 0.3) is 0 Å². The molecule has 0 radical (unpaired) electrons. The van der Waals surface area contributed by atoms with Crippen molar-refractivity contribution in [3.63, 3.8) is 0 Å². The maximum Gasteiger partial charge on any atom is 0.387 e. The van der Waals surface area contributed by atoms with Gasteiger partial charge in [-0.05, 0) is 13.0 Å². The second kappa shape index (κ2) is 6.71. The highest BCUT2D eigenvalue weighted by molar-refractivity contribution is 9.11. The lowest BCUT2D eigenvalue weighted by atomic mass is 10.1. The van der Waals surface area contributed by atoms with Crippen LogP contribution < -0.4 is 10.1 Å². The molecule has 94 valence electrons. The molecule has 0 fully saturated rings. The number of hydrogen-bond acceptors (Lipinski definition) is 2. The van der Waals surface area contributed by atoms with Crippen molar-refractivity contribution >= 4 is 15.9 Å². The van der Waals surface area contributed by atoms with E-state index in [1.807, 2.05) is 6.92 Å². The van der Waals surface area contributed by atoms with Crippen LogP contribution in [-0.2, 0) is 0 Å². The smallest absolute Gasteiger partial charge is 0.387 e. The molecule has 1 N–H and O–H groups in total. The standard InChI is InChI=1S/C12H14BrF2NO/c1-8(13)7-16-9(2)10-5-3-4-6-11(10)17-12(14)15/h3-6,9,12,16H,1,7H2,2H3. The first-order valence-corrected chi connectivity index (χ1v) is 5.90.